The molecule has 9 atom stereocenters. The van der Waals surface area contributed by atoms with E-state index in [9.17, 15) is 24.3 Å². The summed E-state index contributed by atoms with van der Waals surface area (Å²) in [6, 6.07) is 2.38. The van der Waals surface area contributed by atoms with Gasteiger partial charge in [-0.15, -0.1) is 0 Å². The highest BCUT2D eigenvalue weighted by molar-refractivity contribution is 6.01. The van der Waals surface area contributed by atoms with E-state index in [0.717, 1.165) is 24.8 Å². The van der Waals surface area contributed by atoms with Crippen LogP contribution in [-0.2, 0) is 19.1 Å². The average molecular weight is 579 g/mol. The molecule has 4 aliphatic carbocycles. The first-order valence-electron chi connectivity index (χ1n) is 15.0. The van der Waals surface area contributed by atoms with Crippen LogP contribution >= 0.6 is 0 Å². The number of ether oxygens (including phenoxy) is 1. The van der Waals surface area contributed by atoms with Gasteiger partial charge in [0, 0.05) is 35.9 Å². The summed E-state index contributed by atoms with van der Waals surface area (Å²) >= 11 is 0. The number of aliphatic hydroxyl groups is 1. The van der Waals surface area contributed by atoms with Crippen LogP contribution in [0.15, 0.2) is 42.1 Å². The van der Waals surface area contributed by atoms with Crippen LogP contribution in [0.3, 0.4) is 0 Å². The standard InChI is InChI=1S/C32H42N4O6/c1-17-13-23-22-6-5-20-15-21(37)7-10-31(20,3)27(22)24(38)16-32(23,4)28(17)42-30(41)19-8-11-34-25(14-19)36-26(39)9-12-35-29(40)18(2)33/h7-8,10-11,14-15,17-18,22-24,27-28,38H,5-6,9,12-13,16,33H2,1-4H3,(H,35,40)(H,34,36,39)/t17?,18-,22?,23?,24?,27?,28?,31?,32?/m0/s1. The number of anilines is 1. The number of ketones is 1. The molecule has 0 spiro atoms. The van der Waals surface area contributed by atoms with Crippen LogP contribution in [0.5, 0.6) is 0 Å². The van der Waals surface area contributed by atoms with Gasteiger partial charge in [0.25, 0.3) is 0 Å². The van der Waals surface area contributed by atoms with Crippen LogP contribution in [0.2, 0.25) is 0 Å². The van der Waals surface area contributed by atoms with Gasteiger partial charge in [-0.05, 0) is 74.6 Å². The first-order chi connectivity index (χ1) is 19.8. The molecule has 5 rings (SSSR count). The topological polar surface area (TPSA) is 161 Å². The van der Waals surface area contributed by atoms with E-state index in [4.69, 9.17) is 10.5 Å². The minimum absolute atomic E-state index is 0.0139. The lowest BCUT2D eigenvalue weighted by Gasteiger charge is -2.58. The molecule has 2 amide bonds. The van der Waals surface area contributed by atoms with E-state index in [2.05, 4.69) is 36.4 Å². The number of aromatic nitrogens is 1. The Morgan fingerprint density at radius 1 is 1.29 bits per heavy atom. The third kappa shape index (κ3) is 5.42. The van der Waals surface area contributed by atoms with Crippen molar-refractivity contribution in [3.05, 3.63) is 47.7 Å². The van der Waals surface area contributed by atoms with Gasteiger partial charge in [0.15, 0.2) is 5.78 Å². The van der Waals surface area contributed by atoms with E-state index in [0.29, 0.717) is 6.42 Å². The van der Waals surface area contributed by atoms with Crippen LogP contribution in [0, 0.1) is 34.5 Å². The second-order valence-electron chi connectivity index (χ2n) is 13.1. The molecule has 0 aromatic carbocycles. The molecular formula is C32H42N4O6. The maximum atomic E-state index is 13.4. The van der Waals surface area contributed by atoms with Crippen molar-refractivity contribution in [2.45, 2.75) is 78.0 Å². The summed E-state index contributed by atoms with van der Waals surface area (Å²) < 4.78 is 6.21. The van der Waals surface area contributed by atoms with Gasteiger partial charge in [0.2, 0.25) is 11.8 Å². The number of rotatable bonds is 7. The van der Waals surface area contributed by atoms with Gasteiger partial charge in [0.05, 0.1) is 17.7 Å². The molecule has 0 aliphatic heterocycles. The highest BCUT2D eigenvalue weighted by atomic mass is 16.5. The Kier molecular flexibility index (Phi) is 8.15. The summed E-state index contributed by atoms with van der Waals surface area (Å²) in [5.74, 6) is -0.320. The molecule has 3 saturated carbocycles. The summed E-state index contributed by atoms with van der Waals surface area (Å²) in [5.41, 5.74) is 6.16. The number of pyridine rings is 1. The fraction of sp³-hybridized carbons (Fsp3) is 0.594. The van der Waals surface area contributed by atoms with Crippen molar-refractivity contribution in [2.75, 3.05) is 11.9 Å². The number of amides is 2. The number of carbonyl (C=O) groups excluding carboxylic acids is 4. The van der Waals surface area contributed by atoms with Crippen molar-refractivity contribution in [3.8, 4) is 0 Å². The third-order valence-corrected chi connectivity index (χ3v) is 10.3. The Balaban J connectivity index is 1.26. The molecule has 8 unspecified atom stereocenters. The fourth-order valence-electron chi connectivity index (χ4n) is 8.38. The Hall–Kier alpha value is -3.37. The Labute approximate surface area is 246 Å². The van der Waals surface area contributed by atoms with Crippen molar-refractivity contribution in [1.82, 2.24) is 10.3 Å². The predicted octanol–water partition coefficient (Wildman–Crippen LogP) is 2.92. The van der Waals surface area contributed by atoms with Crippen LogP contribution < -0.4 is 16.4 Å². The van der Waals surface area contributed by atoms with Gasteiger partial charge in [-0.2, -0.15) is 0 Å². The van der Waals surface area contributed by atoms with Crippen LogP contribution in [-0.4, -0.2) is 58.5 Å². The minimum atomic E-state index is -0.659. The van der Waals surface area contributed by atoms with Crippen molar-refractivity contribution in [1.29, 1.82) is 0 Å². The van der Waals surface area contributed by atoms with Gasteiger partial charge in [0.1, 0.15) is 11.9 Å². The average Bonchev–Trinajstić information content (AvgIpc) is 3.17. The van der Waals surface area contributed by atoms with E-state index in [1.54, 1.807) is 25.1 Å². The smallest absolute Gasteiger partial charge is 0.338 e. The summed E-state index contributed by atoms with van der Waals surface area (Å²) in [6.45, 7) is 8.10. The molecule has 4 aliphatic rings. The van der Waals surface area contributed by atoms with Gasteiger partial charge in [-0.25, -0.2) is 9.78 Å². The van der Waals surface area contributed by atoms with Crippen molar-refractivity contribution in [2.24, 2.45) is 40.2 Å². The molecule has 0 saturated heterocycles. The summed E-state index contributed by atoms with van der Waals surface area (Å²) in [7, 11) is 0. The maximum Gasteiger partial charge on any atom is 0.338 e. The molecule has 1 heterocycles. The highest BCUT2D eigenvalue weighted by Crippen LogP contribution is 2.65. The monoisotopic (exact) mass is 578 g/mol. The molecule has 42 heavy (non-hydrogen) atoms. The second kappa shape index (κ2) is 11.4. The highest BCUT2D eigenvalue weighted by Gasteiger charge is 2.64. The van der Waals surface area contributed by atoms with E-state index in [1.165, 1.54) is 12.3 Å². The van der Waals surface area contributed by atoms with Gasteiger partial charge in [-0.3, -0.25) is 14.4 Å². The van der Waals surface area contributed by atoms with Crippen LogP contribution in [0.1, 0.15) is 70.2 Å². The van der Waals surface area contributed by atoms with Crippen LogP contribution in [0.25, 0.3) is 0 Å². The van der Waals surface area contributed by atoms with Gasteiger partial charge < -0.3 is 26.2 Å². The van der Waals surface area contributed by atoms with Crippen molar-refractivity contribution in [3.63, 3.8) is 0 Å². The number of allylic oxidation sites excluding steroid dienone is 4. The minimum Gasteiger partial charge on any atom is -0.458 e. The van der Waals surface area contributed by atoms with E-state index >= 15 is 0 Å². The fourth-order valence-corrected chi connectivity index (χ4v) is 8.38. The zero-order valence-corrected chi connectivity index (χ0v) is 24.8. The molecule has 10 nitrogen and oxygen atoms in total. The number of carbonyl (C=O) groups is 4. The number of hydrogen-bond acceptors (Lipinski definition) is 8. The van der Waals surface area contributed by atoms with E-state index < -0.39 is 23.5 Å². The predicted molar refractivity (Wildman–Crippen MR) is 156 cm³/mol. The zero-order valence-electron chi connectivity index (χ0n) is 24.8. The molecular weight excluding hydrogens is 536 g/mol. The molecule has 1 aromatic rings. The number of fused-ring (bicyclic) bond motifs is 5. The third-order valence-electron chi connectivity index (χ3n) is 10.3. The molecule has 3 fully saturated rings. The number of aliphatic hydroxyl groups excluding tert-OH is 1. The quantitative estimate of drug-likeness (QED) is 0.359. The number of nitrogens with two attached hydrogens (primary N) is 1. The maximum absolute atomic E-state index is 13.4. The summed E-state index contributed by atoms with van der Waals surface area (Å²) in [4.78, 5) is 53.6. The lowest BCUT2D eigenvalue weighted by Crippen LogP contribution is -2.57. The molecule has 5 N–H and O–H groups in total. The van der Waals surface area contributed by atoms with Crippen molar-refractivity contribution < 1.29 is 29.0 Å². The Morgan fingerprint density at radius 3 is 2.79 bits per heavy atom. The van der Waals surface area contributed by atoms with Gasteiger partial charge >= 0.3 is 5.97 Å². The Bertz CT molecular complexity index is 1340. The lowest BCUT2D eigenvalue weighted by atomic mass is 9.47. The number of nitrogens with zero attached hydrogens (tertiary/aromatic N) is 1. The summed E-state index contributed by atoms with van der Waals surface area (Å²) in [5, 5.41) is 16.9. The van der Waals surface area contributed by atoms with E-state index in [1.807, 2.05) is 6.08 Å². The molecule has 1 aromatic heterocycles. The van der Waals surface area contributed by atoms with Crippen LogP contribution in [0.4, 0.5) is 5.82 Å². The molecule has 0 radical (unpaired) electrons. The zero-order chi connectivity index (χ0) is 30.4. The molecule has 0 bridgehead atoms. The largest absolute Gasteiger partial charge is 0.458 e. The van der Waals surface area contributed by atoms with Gasteiger partial charge in [-0.1, -0.05) is 32.4 Å². The van der Waals surface area contributed by atoms with Crippen molar-refractivity contribution >= 4 is 29.4 Å². The normalized spacial score (nSPS) is 35.7. The molecule has 10 heteroatoms. The number of nitrogens with one attached hydrogen (secondary N) is 2. The summed E-state index contributed by atoms with van der Waals surface area (Å²) in [6.07, 6.45) is 9.05. The van der Waals surface area contributed by atoms with E-state index in [-0.39, 0.29) is 77.1 Å². The molecule has 226 valence electrons. The second-order valence-corrected chi connectivity index (χ2v) is 13.1. The lowest BCUT2D eigenvalue weighted by molar-refractivity contribution is -0.133. The SMILES string of the molecule is CC1CC2C3CCC4=CC(=O)C=CC4(C)C3C(O)CC2(C)C1OC(=O)c1ccnc(NC(=O)CCNC(=O)[C@H](C)N)c1. The number of hydrogen-bond donors (Lipinski definition) is 4. The Morgan fingerprint density at radius 2 is 2.05 bits per heavy atom. The number of esters is 1. The first kappa shape index (κ1) is 30.1. The first-order valence-corrected chi connectivity index (χ1v) is 15.0.